The summed E-state index contributed by atoms with van der Waals surface area (Å²) >= 11 is 2.20. The molecule has 0 aliphatic heterocycles. The maximum atomic E-state index is 5.57. The van der Waals surface area contributed by atoms with Gasteiger partial charge in [-0.1, -0.05) is 0 Å². The minimum atomic E-state index is 0.569. The van der Waals surface area contributed by atoms with Crippen LogP contribution in [0.5, 0.6) is 11.5 Å². The van der Waals surface area contributed by atoms with Crippen LogP contribution in [0.1, 0.15) is 6.92 Å². The maximum absolute atomic E-state index is 5.57. The molecule has 6 nitrogen and oxygen atoms in total. The Morgan fingerprint density at radius 1 is 1.39 bits per heavy atom. The Hall–Kier alpha value is -1.38. The standard InChI is InChI=1S/C11H13IN4O2/c1-4-18-9-6-7(5-8(12)10(9)17-3)11-13-15-16(2)14-11/h5-6H,4H2,1-3H3. The molecule has 0 saturated heterocycles. The van der Waals surface area contributed by atoms with Gasteiger partial charge in [-0.05, 0) is 46.9 Å². The summed E-state index contributed by atoms with van der Waals surface area (Å²) in [4.78, 5) is 1.42. The SMILES string of the molecule is CCOc1cc(-c2nnn(C)n2)cc(I)c1OC. The second-order valence-corrected chi connectivity index (χ2v) is 4.69. The van der Waals surface area contributed by atoms with Crippen LogP contribution in [-0.4, -0.2) is 33.9 Å². The Morgan fingerprint density at radius 2 is 2.17 bits per heavy atom. The van der Waals surface area contributed by atoms with Gasteiger partial charge in [0.1, 0.15) is 0 Å². The molecule has 1 aromatic carbocycles. The fourth-order valence-electron chi connectivity index (χ4n) is 1.56. The minimum absolute atomic E-state index is 0.569. The van der Waals surface area contributed by atoms with Gasteiger partial charge in [0.15, 0.2) is 11.5 Å². The molecule has 1 heterocycles. The molecule has 0 N–H and O–H groups in total. The lowest BCUT2D eigenvalue weighted by atomic mass is 10.2. The van der Waals surface area contributed by atoms with E-state index in [1.54, 1.807) is 14.2 Å². The van der Waals surface area contributed by atoms with Crippen molar-refractivity contribution in [1.29, 1.82) is 0 Å². The minimum Gasteiger partial charge on any atom is -0.492 e. The molecule has 0 unspecified atom stereocenters. The average molecular weight is 360 g/mol. The maximum Gasteiger partial charge on any atom is 0.205 e. The second-order valence-electron chi connectivity index (χ2n) is 3.52. The first-order chi connectivity index (χ1) is 8.65. The van der Waals surface area contributed by atoms with E-state index in [1.807, 2.05) is 19.1 Å². The summed E-state index contributed by atoms with van der Waals surface area (Å²) in [5.41, 5.74) is 0.858. The van der Waals surface area contributed by atoms with Crippen LogP contribution in [0.4, 0.5) is 0 Å². The summed E-state index contributed by atoms with van der Waals surface area (Å²) in [6.07, 6.45) is 0. The van der Waals surface area contributed by atoms with Crippen molar-refractivity contribution < 1.29 is 9.47 Å². The molecule has 1 aromatic heterocycles. The summed E-state index contributed by atoms with van der Waals surface area (Å²) in [6, 6.07) is 3.81. The zero-order chi connectivity index (χ0) is 13.1. The number of ether oxygens (including phenoxy) is 2. The number of tetrazole rings is 1. The number of methoxy groups -OCH3 is 1. The first kappa shape index (κ1) is 13.1. The number of nitrogens with zero attached hydrogens (tertiary/aromatic N) is 4. The zero-order valence-corrected chi connectivity index (χ0v) is 12.5. The highest BCUT2D eigenvalue weighted by atomic mass is 127. The second kappa shape index (κ2) is 5.51. The van der Waals surface area contributed by atoms with Gasteiger partial charge in [0, 0.05) is 5.56 Å². The van der Waals surface area contributed by atoms with Crippen LogP contribution < -0.4 is 9.47 Å². The van der Waals surface area contributed by atoms with Gasteiger partial charge in [-0.2, -0.15) is 4.80 Å². The van der Waals surface area contributed by atoms with Crippen LogP contribution in [0.15, 0.2) is 12.1 Å². The third kappa shape index (κ3) is 2.55. The molecule has 0 saturated carbocycles. The molecule has 0 amide bonds. The number of hydrogen-bond donors (Lipinski definition) is 0. The number of halogens is 1. The Labute approximate surface area is 118 Å². The van der Waals surface area contributed by atoms with Gasteiger partial charge in [0.25, 0.3) is 0 Å². The van der Waals surface area contributed by atoms with Crippen molar-refractivity contribution in [2.75, 3.05) is 13.7 Å². The number of hydrogen-bond acceptors (Lipinski definition) is 5. The third-order valence-electron chi connectivity index (χ3n) is 2.28. The quantitative estimate of drug-likeness (QED) is 0.780. The molecule has 18 heavy (non-hydrogen) atoms. The van der Waals surface area contributed by atoms with E-state index in [0.29, 0.717) is 18.2 Å². The topological polar surface area (TPSA) is 62.1 Å². The van der Waals surface area contributed by atoms with Crippen LogP contribution in [0.2, 0.25) is 0 Å². The van der Waals surface area contributed by atoms with E-state index in [1.165, 1.54) is 4.80 Å². The Kier molecular flexibility index (Phi) is 4.00. The summed E-state index contributed by atoms with van der Waals surface area (Å²) in [7, 11) is 3.36. The molecule has 0 aliphatic carbocycles. The third-order valence-corrected chi connectivity index (χ3v) is 3.08. The smallest absolute Gasteiger partial charge is 0.205 e. The fraction of sp³-hybridized carbons (Fsp3) is 0.364. The van der Waals surface area contributed by atoms with Gasteiger partial charge in [-0.15, -0.1) is 10.2 Å². The van der Waals surface area contributed by atoms with Gasteiger partial charge in [-0.3, -0.25) is 0 Å². The lowest BCUT2D eigenvalue weighted by molar-refractivity contribution is 0.310. The molecule has 0 bridgehead atoms. The summed E-state index contributed by atoms with van der Waals surface area (Å²) in [5.74, 6) is 1.98. The molecule has 2 rings (SSSR count). The number of rotatable bonds is 4. The molecule has 0 aliphatic rings. The predicted molar refractivity (Wildman–Crippen MR) is 74.7 cm³/mol. The molecule has 0 atom stereocenters. The Morgan fingerprint density at radius 3 is 2.72 bits per heavy atom. The van der Waals surface area contributed by atoms with Crippen molar-refractivity contribution >= 4 is 22.6 Å². The van der Waals surface area contributed by atoms with E-state index in [2.05, 4.69) is 38.0 Å². The van der Waals surface area contributed by atoms with Gasteiger partial charge < -0.3 is 9.47 Å². The predicted octanol–water partition coefficient (Wildman–Crippen LogP) is 1.89. The highest BCUT2D eigenvalue weighted by Gasteiger charge is 2.14. The molecule has 0 radical (unpaired) electrons. The van der Waals surface area contributed by atoms with E-state index >= 15 is 0 Å². The van der Waals surface area contributed by atoms with Gasteiger partial charge in [0.2, 0.25) is 5.82 Å². The largest absolute Gasteiger partial charge is 0.492 e. The van der Waals surface area contributed by atoms with Crippen molar-refractivity contribution in [2.24, 2.45) is 7.05 Å². The normalized spacial score (nSPS) is 10.4. The fourth-order valence-corrected chi connectivity index (χ4v) is 2.38. The van der Waals surface area contributed by atoms with E-state index in [0.717, 1.165) is 14.9 Å². The lowest BCUT2D eigenvalue weighted by Crippen LogP contribution is -1.98. The van der Waals surface area contributed by atoms with Crippen molar-refractivity contribution in [2.45, 2.75) is 6.92 Å². The van der Waals surface area contributed by atoms with Crippen molar-refractivity contribution in [3.05, 3.63) is 15.7 Å². The van der Waals surface area contributed by atoms with E-state index < -0.39 is 0 Å². The Bertz CT molecular complexity index is 556. The van der Waals surface area contributed by atoms with Gasteiger partial charge >= 0.3 is 0 Å². The lowest BCUT2D eigenvalue weighted by Gasteiger charge is -2.12. The summed E-state index contributed by atoms with van der Waals surface area (Å²) < 4.78 is 11.8. The Balaban J connectivity index is 2.50. The van der Waals surface area contributed by atoms with Crippen LogP contribution in [0.3, 0.4) is 0 Å². The number of benzene rings is 1. The molecular formula is C11H13IN4O2. The van der Waals surface area contributed by atoms with Crippen LogP contribution in [0.25, 0.3) is 11.4 Å². The summed E-state index contributed by atoms with van der Waals surface area (Å²) in [5, 5.41) is 12.0. The van der Waals surface area contributed by atoms with E-state index in [9.17, 15) is 0 Å². The average Bonchev–Trinajstić information content (AvgIpc) is 2.76. The van der Waals surface area contributed by atoms with Crippen LogP contribution in [-0.2, 0) is 7.05 Å². The highest BCUT2D eigenvalue weighted by molar-refractivity contribution is 14.1. The van der Waals surface area contributed by atoms with Crippen molar-refractivity contribution in [1.82, 2.24) is 20.2 Å². The first-order valence-corrected chi connectivity index (χ1v) is 6.48. The van der Waals surface area contributed by atoms with Gasteiger partial charge in [-0.25, -0.2) is 0 Å². The zero-order valence-electron chi connectivity index (χ0n) is 10.3. The van der Waals surface area contributed by atoms with Crippen LogP contribution in [0, 0.1) is 3.57 Å². The van der Waals surface area contributed by atoms with Crippen molar-refractivity contribution in [3.8, 4) is 22.9 Å². The molecule has 96 valence electrons. The first-order valence-electron chi connectivity index (χ1n) is 5.40. The molecular weight excluding hydrogens is 347 g/mol. The number of aryl methyl sites for hydroxylation is 1. The van der Waals surface area contributed by atoms with E-state index in [-0.39, 0.29) is 0 Å². The molecule has 2 aromatic rings. The molecule has 7 heteroatoms. The molecule has 0 fully saturated rings. The van der Waals surface area contributed by atoms with Crippen molar-refractivity contribution in [3.63, 3.8) is 0 Å². The van der Waals surface area contributed by atoms with Crippen LogP contribution >= 0.6 is 22.6 Å². The summed E-state index contributed by atoms with van der Waals surface area (Å²) in [6.45, 7) is 2.50. The van der Waals surface area contributed by atoms with E-state index in [4.69, 9.17) is 9.47 Å². The van der Waals surface area contributed by atoms with Gasteiger partial charge in [0.05, 0.1) is 24.3 Å². The molecule has 0 spiro atoms. The highest BCUT2D eigenvalue weighted by Crippen LogP contribution is 2.36. The number of aromatic nitrogens is 4. The monoisotopic (exact) mass is 360 g/mol.